The van der Waals surface area contributed by atoms with Crippen molar-refractivity contribution in [2.45, 2.75) is 32.9 Å². The highest BCUT2D eigenvalue weighted by molar-refractivity contribution is 6.31. The van der Waals surface area contributed by atoms with E-state index in [-0.39, 0.29) is 30.2 Å². The molecule has 2 aromatic carbocycles. The van der Waals surface area contributed by atoms with Crippen LogP contribution in [0.3, 0.4) is 0 Å². The van der Waals surface area contributed by atoms with Crippen LogP contribution in [0, 0.1) is 12.8 Å². The van der Waals surface area contributed by atoms with Crippen LogP contribution in [0.2, 0.25) is 5.02 Å². The third kappa shape index (κ3) is 4.25. The zero-order valence-electron chi connectivity index (χ0n) is 15.0. The number of aryl methyl sites for hydroxylation is 1. The normalized spacial score (nSPS) is 18.0. The second-order valence-corrected chi connectivity index (χ2v) is 7.32. The lowest BCUT2D eigenvalue weighted by atomic mass is 10.0. The molecule has 1 aliphatic heterocycles. The quantitative estimate of drug-likeness (QED) is 0.868. The number of nitrogens with one attached hydrogen (secondary N) is 1. The summed E-state index contributed by atoms with van der Waals surface area (Å²) >= 11 is 6.20. The number of hydrogen-bond donors (Lipinski definition) is 1. The van der Waals surface area contributed by atoms with Crippen molar-refractivity contribution in [3.8, 4) is 0 Å². The number of benzene rings is 2. The summed E-state index contributed by atoms with van der Waals surface area (Å²) in [6.07, 6.45) is 0.257. The minimum atomic E-state index is -0.321. The Labute approximate surface area is 159 Å². The van der Waals surface area contributed by atoms with E-state index in [2.05, 4.69) is 5.32 Å². The van der Waals surface area contributed by atoms with E-state index in [1.807, 2.05) is 62.4 Å². The summed E-state index contributed by atoms with van der Waals surface area (Å²) in [5, 5.41) is 3.62. The van der Waals surface area contributed by atoms with Gasteiger partial charge in [0.1, 0.15) is 0 Å². The molecular weight excluding hydrogens is 348 g/mol. The fraction of sp³-hybridized carbons (Fsp3) is 0.333. The fourth-order valence-corrected chi connectivity index (χ4v) is 3.55. The molecule has 1 heterocycles. The molecule has 1 saturated heterocycles. The summed E-state index contributed by atoms with van der Waals surface area (Å²) in [5.41, 5.74) is 3.14. The molecule has 0 aromatic heterocycles. The monoisotopic (exact) mass is 370 g/mol. The van der Waals surface area contributed by atoms with Crippen molar-refractivity contribution in [1.29, 1.82) is 0 Å². The Hall–Kier alpha value is -2.33. The van der Waals surface area contributed by atoms with E-state index in [0.717, 1.165) is 11.1 Å². The number of carbonyl (C=O) groups is 2. The van der Waals surface area contributed by atoms with Crippen LogP contribution in [0.1, 0.15) is 36.1 Å². The molecule has 0 radical (unpaired) electrons. The van der Waals surface area contributed by atoms with E-state index >= 15 is 0 Å². The predicted octanol–water partition coefficient (Wildman–Crippen LogP) is 3.87. The Balaban J connectivity index is 1.60. The first-order valence-electron chi connectivity index (χ1n) is 8.82. The summed E-state index contributed by atoms with van der Waals surface area (Å²) in [4.78, 5) is 26.6. The fourth-order valence-electron chi connectivity index (χ4n) is 3.25. The highest BCUT2D eigenvalue weighted by atomic mass is 35.5. The molecule has 26 heavy (non-hydrogen) atoms. The van der Waals surface area contributed by atoms with Crippen molar-refractivity contribution < 1.29 is 9.59 Å². The number of hydrogen-bond acceptors (Lipinski definition) is 2. The molecule has 2 atom stereocenters. The number of rotatable bonds is 5. The smallest absolute Gasteiger partial charge is 0.225 e. The third-order valence-corrected chi connectivity index (χ3v) is 5.15. The molecule has 1 fully saturated rings. The van der Waals surface area contributed by atoms with Crippen molar-refractivity contribution in [1.82, 2.24) is 10.2 Å². The molecule has 5 heteroatoms. The van der Waals surface area contributed by atoms with Gasteiger partial charge in [-0.25, -0.2) is 0 Å². The zero-order chi connectivity index (χ0) is 18.7. The molecule has 136 valence electrons. The largest absolute Gasteiger partial charge is 0.349 e. The van der Waals surface area contributed by atoms with Crippen LogP contribution in [-0.2, 0) is 16.1 Å². The highest BCUT2D eigenvalue weighted by Gasteiger charge is 2.34. The highest BCUT2D eigenvalue weighted by Crippen LogP contribution is 2.25. The first-order chi connectivity index (χ1) is 12.4. The Morgan fingerprint density at radius 2 is 1.92 bits per heavy atom. The molecule has 1 N–H and O–H groups in total. The van der Waals surface area contributed by atoms with Gasteiger partial charge in [0, 0.05) is 24.5 Å². The van der Waals surface area contributed by atoms with E-state index < -0.39 is 0 Å². The van der Waals surface area contributed by atoms with Gasteiger partial charge in [-0.05, 0) is 31.0 Å². The van der Waals surface area contributed by atoms with Crippen molar-refractivity contribution in [2.24, 2.45) is 5.92 Å². The molecule has 2 unspecified atom stereocenters. The van der Waals surface area contributed by atoms with Crippen molar-refractivity contribution in [2.75, 3.05) is 6.54 Å². The Kier molecular flexibility index (Phi) is 5.62. The number of carbonyl (C=O) groups excluding carboxylic acids is 2. The SMILES string of the molecule is Cc1ccc(CN2CC(C(=O)NC(C)c3ccccc3Cl)CC2=O)cc1. The van der Waals surface area contributed by atoms with Crippen LogP contribution in [0.15, 0.2) is 48.5 Å². The maximum absolute atomic E-state index is 12.6. The maximum atomic E-state index is 12.6. The molecular formula is C21H23ClN2O2. The van der Waals surface area contributed by atoms with E-state index in [9.17, 15) is 9.59 Å². The number of halogens is 1. The van der Waals surface area contributed by atoms with Gasteiger partial charge >= 0.3 is 0 Å². The van der Waals surface area contributed by atoms with Gasteiger partial charge in [-0.2, -0.15) is 0 Å². The standard InChI is InChI=1S/C21H23ClN2O2/c1-14-7-9-16(10-8-14)12-24-13-17(11-20(24)25)21(26)23-15(2)18-5-3-4-6-19(18)22/h3-10,15,17H,11-13H2,1-2H3,(H,23,26). The van der Waals surface area contributed by atoms with Crippen LogP contribution in [0.5, 0.6) is 0 Å². The van der Waals surface area contributed by atoms with E-state index in [0.29, 0.717) is 18.1 Å². The predicted molar refractivity (Wildman–Crippen MR) is 103 cm³/mol. The van der Waals surface area contributed by atoms with Gasteiger partial charge < -0.3 is 10.2 Å². The molecule has 2 aromatic rings. The van der Waals surface area contributed by atoms with E-state index in [4.69, 9.17) is 11.6 Å². The molecule has 1 aliphatic rings. The van der Waals surface area contributed by atoms with Crippen LogP contribution in [0.4, 0.5) is 0 Å². The lowest BCUT2D eigenvalue weighted by Crippen LogP contribution is -2.34. The van der Waals surface area contributed by atoms with Crippen molar-refractivity contribution >= 4 is 23.4 Å². The van der Waals surface area contributed by atoms with Crippen LogP contribution in [0.25, 0.3) is 0 Å². The maximum Gasteiger partial charge on any atom is 0.225 e. The average Bonchev–Trinajstić information content (AvgIpc) is 2.98. The first-order valence-corrected chi connectivity index (χ1v) is 9.20. The molecule has 0 bridgehead atoms. The van der Waals surface area contributed by atoms with Gasteiger partial charge in [-0.1, -0.05) is 59.6 Å². The van der Waals surface area contributed by atoms with Gasteiger partial charge in [0.2, 0.25) is 11.8 Å². The second-order valence-electron chi connectivity index (χ2n) is 6.91. The van der Waals surface area contributed by atoms with Gasteiger partial charge in [0.05, 0.1) is 12.0 Å². The van der Waals surface area contributed by atoms with Gasteiger partial charge in [-0.3, -0.25) is 9.59 Å². The molecule has 3 rings (SSSR count). The van der Waals surface area contributed by atoms with Gasteiger partial charge in [0.25, 0.3) is 0 Å². The van der Waals surface area contributed by atoms with Crippen LogP contribution in [-0.4, -0.2) is 23.3 Å². The minimum Gasteiger partial charge on any atom is -0.349 e. The average molecular weight is 371 g/mol. The molecule has 0 saturated carbocycles. The Bertz CT molecular complexity index is 804. The molecule has 0 spiro atoms. The summed E-state index contributed by atoms with van der Waals surface area (Å²) in [6.45, 7) is 4.93. The van der Waals surface area contributed by atoms with Gasteiger partial charge in [0.15, 0.2) is 0 Å². The molecule has 2 amide bonds. The summed E-state index contributed by atoms with van der Waals surface area (Å²) in [5.74, 6) is -0.397. The molecule has 4 nitrogen and oxygen atoms in total. The lowest BCUT2D eigenvalue weighted by Gasteiger charge is -2.19. The minimum absolute atomic E-state index is 0.0242. The van der Waals surface area contributed by atoms with Gasteiger partial charge in [-0.15, -0.1) is 0 Å². The van der Waals surface area contributed by atoms with E-state index in [1.165, 1.54) is 5.56 Å². The van der Waals surface area contributed by atoms with E-state index in [1.54, 1.807) is 4.90 Å². The summed E-state index contributed by atoms with van der Waals surface area (Å²) in [6, 6.07) is 15.4. The van der Waals surface area contributed by atoms with Crippen molar-refractivity contribution in [3.63, 3.8) is 0 Å². The zero-order valence-corrected chi connectivity index (χ0v) is 15.8. The third-order valence-electron chi connectivity index (χ3n) is 4.81. The topological polar surface area (TPSA) is 49.4 Å². The number of amides is 2. The summed E-state index contributed by atoms with van der Waals surface area (Å²) < 4.78 is 0. The van der Waals surface area contributed by atoms with Crippen LogP contribution >= 0.6 is 11.6 Å². The second kappa shape index (κ2) is 7.92. The van der Waals surface area contributed by atoms with Crippen molar-refractivity contribution in [3.05, 3.63) is 70.2 Å². The molecule has 0 aliphatic carbocycles. The Morgan fingerprint density at radius 1 is 1.23 bits per heavy atom. The number of nitrogens with zero attached hydrogens (tertiary/aromatic N) is 1. The van der Waals surface area contributed by atoms with Crippen LogP contribution < -0.4 is 5.32 Å². The Morgan fingerprint density at radius 3 is 2.62 bits per heavy atom. The lowest BCUT2D eigenvalue weighted by molar-refractivity contribution is -0.129. The number of likely N-dealkylation sites (tertiary alicyclic amines) is 1. The first kappa shape index (κ1) is 18.5. The summed E-state index contributed by atoms with van der Waals surface area (Å²) in [7, 11) is 0.